The predicted molar refractivity (Wildman–Crippen MR) is 89.9 cm³/mol. The van der Waals surface area contributed by atoms with E-state index in [2.05, 4.69) is 0 Å². The van der Waals surface area contributed by atoms with Crippen LogP contribution in [0.4, 0.5) is 0 Å². The average Bonchev–Trinajstić information content (AvgIpc) is 3.03. The summed E-state index contributed by atoms with van der Waals surface area (Å²) in [6.07, 6.45) is 2.15. The number of ether oxygens (including phenoxy) is 1. The number of benzene rings is 1. The van der Waals surface area contributed by atoms with Gasteiger partial charge in [-0.3, -0.25) is 9.59 Å². The van der Waals surface area contributed by atoms with E-state index in [1.54, 1.807) is 18.2 Å². The van der Waals surface area contributed by atoms with E-state index in [9.17, 15) is 9.59 Å². The maximum atomic E-state index is 12.8. The normalized spacial score (nSPS) is 28.9. The van der Waals surface area contributed by atoms with Crippen LogP contribution in [0.1, 0.15) is 24.8 Å². The number of halogens is 2. The smallest absolute Gasteiger partial charge is 0.227 e. The van der Waals surface area contributed by atoms with Gasteiger partial charge in [0.1, 0.15) is 0 Å². The minimum Gasteiger partial charge on any atom is -0.353 e. The molecule has 0 unspecified atom stereocenters. The van der Waals surface area contributed by atoms with Crippen LogP contribution in [0.5, 0.6) is 0 Å². The summed E-state index contributed by atoms with van der Waals surface area (Å²) in [7, 11) is 0. The highest BCUT2D eigenvalue weighted by Gasteiger charge is 2.61. The van der Waals surface area contributed by atoms with Crippen molar-refractivity contribution < 1.29 is 14.3 Å². The Balaban J connectivity index is 1.54. The Bertz CT molecular complexity index is 711. The first-order chi connectivity index (χ1) is 11.5. The van der Waals surface area contributed by atoms with E-state index in [1.807, 2.05) is 9.80 Å². The first kappa shape index (κ1) is 16.2. The van der Waals surface area contributed by atoms with E-state index in [1.165, 1.54) is 0 Å². The lowest BCUT2D eigenvalue weighted by atomic mass is 10.0. The fourth-order valence-electron chi connectivity index (χ4n) is 4.17. The van der Waals surface area contributed by atoms with Gasteiger partial charge in [0.15, 0.2) is 5.72 Å². The van der Waals surface area contributed by atoms with Crippen LogP contribution in [-0.2, 0) is 20.7 Å². The average molecular weight is 369 g/mol. The van der Waals surface area contributed by atoms with Crippen molar-refractivity contribution >= 4 is 35.0 Å². The number of amides is 2. The van der Waals surface area contributed by atoms with Gasteiger partial charge in [-0.1, -0.05) is 29.3 Å². The van der Waals surface area contributed by atoms with Crippen LogP contribution in [-0.4, -0.2) is 53.1 Å². The van der Waals surface area contributed by atoms with E-state index < -0.39 is 5.72 Å². The summed E-state index contributed by atoms with van der Waals surface area (Å²) >= 11 is 11.9. The molecule has 2 amide bonds. The van der Waals surface area contributed by atoms with Crippen molar-refractivity contribution in [1.82, 2.24) is 9.80 Å². The molecule has 3 heterocycles. The number of carbonyl (C=O) groups excluding carboxylic acids is 2. The zero-order valence-corrected chi connectivity index (χ0v) is 14.6. The Hall–Kier alpha value is -1.30. The molecule has 3 aliphatic heterocycles. The molecule has 128 valence electrons. The SMILES string of the molecule is O=C(Cc1ccc(Cl)c(Cl)c1)N1CC[C@@]23OCCCN2C(=O)C[C@@H]13. The molecule has 0 radical (unpaired) electrons. The number of nitrogens with zero attached hydrogens (tertiary/aromatic N) is 2. The summed E-state index contributed by atoms with van der Waals surface area (Å²) in [6.45, 7) is 1.99. The van der Waals surface area contributed by atoms with Gasteiger partial charge in [0.2, 0.25) is 11.8 Å². The van der Waals surface area contributed by atoms with Crippen molar-refractivity contribution in [2.24, 2.45) is 0 Å². The molecule has 0 saturated carbocycles. The Labute approximate surface area is 150 Å². The van der Waals surface area contributed by atoms with Crippen molar-refractivity contribution in [2.45, 2.75) is 37.5 Å². The minimum absolute atomic E-state index is 0.000845. The van der Waals surface area contributed by atoms with Crippen molar-refractivity contribution in [1.29, 1.82) is 0 Å². The maximum absolute atomic E-state index is 12.8. The zero-order valence-electron chi connectivity index (χ0n) is 13.1. The van der Waals surface area contributed by atoms with Crippen molar-refractivity contribution in [3.05, 3.63) is 33.8 Å². The predicted octanol–water partition coefficient (Wildman–Crippen LogP) is 2.49. The summed E-state index contributed by atoms with van der Waals surface area (Å²) in [5.41, 5.74) is 0.226. The van der Waals surface area contributed by atoms with Gasteiger partial charge < -0.3 is 14.5 Å². The quantitative estimate of drug-likeness (QED) is 0.805. The molecule has 0 N–H and O–H groups in total. The van der Waals surface area contributed by atoms with Gasteiger partial charge in [0.25, 0.3) is 0 Å². The molecule has 3 saturated heterocycles. The number of carbonyl (C=O) groups is 2. The topological polar surface area (TPSA) is 49.9 Å². The number of likely N-dealkylation sites (tertiary alicyclic amines) is 1. The van der Waals surface area contributed by atoms with Crippen LogP contribution in [0.15, 0.2) is 18.2 Å². The van der Waals surface area contributed by atoms with Gasteiger partial charge in [0.05, 0.1) is 35.5 Å². The lowest BCUT2D eigenvalue weighted by molar-refractivity contribution is -0.181. The highest BCUT2D eigenvalue weighted by atomic mass is 35.5. The molecule has 7 heteroatoms. The summed E-state index contributed by atoms with van der Waals surface area (Å²) in [5.74, 6) is 0.0887. The number of hydrogen-bond acceptors (Lipinski definition) is 3. The Kier molecular flexibility index (Phi) is 3.98. The monoisotopic (exact) mass is 368 g/mol. The van der Waals surface area contributed by atoms with Crippen LogP contribution >= 0.6 is 23.2 Å². The van der Waals surface area contributed by atoms with Crippen LogP contribution in [0, 0.1) is 0 Å². The Morgan fingerprint density at radius 3 is 2.92 bits per heavy atom. The van der Waals surface area contributed by atoms with Gasteiger partial charge in [-0.25, -0.2) is 0 Å². The molecule has 2 atom stereocenters. The molecule has 0 aliphatic carbocycles. The minimum atomic E-state index is -0.595. The maximum Gasteiger partial charge on any atom is 0.227 e. The fourth-order valence-corrected chi connectivity index (χ4v) is 4.49. The van der Waals surface area contributed by atoms with E-state index >= 15 is 0 Å². The lowest BCUT2D eigenvalue weighted by Crippen LogP contribution is -2.56. The van der Waals surface area contributed by atoms with E-state index in [-0.39, 0.29) is 24.3 Å². The molecule has 0 bridgehead atoms. The van der Waals surface area contributed by atoms with Gasteiger partial charge in [-0.05, 0) is 24.1 Å². The van der Waals surface area contributed by atoms with E-state index in [4.69, 9.17) is 27.9 Å². The first-order valence-electron chi connectivity index (χ1n) is 8.19. The Morgan fingerprint density at radius 1 is 1.29 bits per heavy atom. The second kappa shape index (κ2) is 5.90. The summed E-state index contributed by atoms with van der Waals surface area (Å²) in [4.78, 5) is 28.7. The van der Waals surface area contributed by atoms with Gasteiger partial charge in [-0.2, -0.15) is 0 Å². The second-order valence-corrected chi connectivity index (χ2v) is 7.39. The van der Waals surface area contributed by atoms with Gasteiger partial charge in [0, 0.05) is 19.5 Å². The summed E-state index contributed by atoms with van der Waals surface area (Å²) < 4.78 is 6.02. The lowest BCUT2D eigenvalue weighted by Gasteiger charge is -2.42. The molecule has 5 nitrogen and oxygen atoms in total. The molecule has 0 aromatic heterocycles. The zero-order chi connectivity index (χ0) is 16.9. The third-order valence-electron chi connectivity index (χ3n) is 5.27. The van der Waals surface area contributed by atoms with Gasteiger partial charge in [-0.15, -0.1) is 0 Å². The van der Waals surface area contributed by atoms with Crippen molar-refractivity contribution in [3.63, 3.8) is 0 Å². The largest absolute Gasteiger partial charge is 0.353 e. The Morgan fingerprint density at radius 2 is 2.12 bits per heavy atom. The number of rotatable bonds is 2. The van der Waals surface area contributed by atoms with Crippen LogP contribution in [0.25, 0.3) is 0 Å². The molecule has 24 heavy (non-hydrogen) atoms. The van der Waals surface area contributed by atoms with Crippen LogP contribution in [0.3, 0.4) is 0 Å². The molecule has 1 aromatic rings. The second-order valence-electron chi connectivity index (χ2n) is 6.57. The molecular formula is C17H18Cl2N2O3. The third-order valence-corrected chi connectivity index (χ3v) is 6.01. The number of hydrogen-bond donors (Lipinski definition) is 0. The van der Waals surface area contributed by atoms with Crippen LogP contribution < -0.4 is 0 Å². The molecular weight excluding hydrogens is 351 g/mol. The molecule has 3 aliphatic rings. The molecule has 4 rings (SSSR count). The molecule has 1 aromatic carbocycles. The molecule has 3 fully saturated rings. The van der Waals surface area contributed by atoms with Crippen molar-refractivity contribution in [2.75, 3.05) is 19.7 Å². The molecule has 1 spiro atoms. The van der Waals surface area contributed by atoms with E-state index in [0.717, 1.165) is 18.5 Å². The van der Waals surface area contributed by atoms with Crippen molar-refractivity contribution in [3.8, 4) is 0 Å². The van der Waals surface area contributed by atoms with E-state index in [0.29, 0.717) is 36.0 Å². The highest BCUT2D eigenvalue weighted by Crippen LogP contribution is 2.45. The summed E-state index contributed by atoms with van der Waals surface area (Å²) in [6, 6.07) is 5.04. The fraction of sp³-hybridized carbons (Fsp3) is 0.529. The third kappa shape index (κ3) is 2.41. The standard InChI is InChI=1S/C17H18Cl2N2O3/c18-12-3-2-11(8-13(12)19)9-15(22)20-6-4-17-14(20)10-16(23)21(17)5-1-7-24-17/h2-3,8,14H,1,4-7,9-10H2/t14-,17+/m1/s1. The summed E-state index contributed by atoms with van der Waals surface area (Å²) in [5, 5.41) is 0.915. The first-order valence-corrected chi connectivity index (χ1v) is 8.95. The highest BCUT2D eigenvalue weighted by molar-refractivity contribution is 6.42. The van der Waals surface area contributed by atoms with Crippen LogP contribution in [0.2, 0.25) is 10.0 Å². The van der Waals surface area contributed by atoms with Gasteiger partial charge >= 0.3 is 0 Å².